The molecule has 1 aromatic heterocycles. The van der Waals surface area contributed by atoms with Crippen LogP contribution in [0.1, 0.15) is 5.56 Å². The van der Waals surface area contributed by atoms with Gasteiger partial charge in [-0.15, -0.1) is 0 Å². The minimum absolute atomic E-state index is 0.561. The molecule has 0 aliphatic heterocycles. The Labute approximate surface area is 99.4 Å². The predicted octanol–water partition coefficient (Wildman–Crippen LogP) is 2.13. The van der Waals surface area contributed by atoms with Crippen LogP contribution in [0, 0.1) is 11.8 Å². The van der Waals surface area contributed by atoms with Gasteiger partial charge in [-0.2, -0.15) is 5.10 Å². The summed E-state index contributed by atoms with van der Waals surface area (Å²) in [7, 11) is 3.98. The van der Waals surface area contributed by atoms with Crippen LogP contribution in [0.25, 0.3) is 10.9 Å². The molecule has 0 aliphatic rings. The highest BCUT2D eigenvalue weighted by Gasteiger charge is 2.02. The highest BCUT2D eigenvalue weighted by molar-refractivity contribution is 6.34. The van der Waals surface area contributed by atoms with E-state index in [0.29, 0.717) is 5.15 Å². The van der Waals surface area contributed by atoms with E-state index in [9.17, 15) is 0 Å². The van der Waals surface area contributed by atoms with Crippen molar-refractivity contribution in [3.05, 3.63) is 28.9 Å². The topological polar surface area (TPSA) is 31.9 Å². The molecule has 4 heteroatoms. The monoisotopic (exact) mass is 233 g/mol. The molecular weight excluding hydrogens is 222 g/mol. The molecule has 0 radical (unpaired) electrons. The number of rotatable bonds is 1. The van der Waals surface area contributed by atoms with E-state index in [1.807, 2.05) is 37.2 Å². The molecule has 2 aromatic rings. The molecule has 0 bridgehead atoms. The van der Waals surface area contributed by atoms with Gasteiger partial charge in [0.05, 0.1) is 12.1 Å². The summed E-state index contributed by atoms with van der Waals surface area (Å²) in [6.07, 6.45) is 0. The van der Waals surface area contributed by atoms with E-state index in [4.69, 9.17) is 11.6 Å². The zero-order chi connectivity index (χ0) is 11.5. The fourth-order valence-electron chi connectivity index (χ4n) is 1.36. The molecule has 0 saturated carbocycles. The number of aromatic nitrogens is 2. The van der Waals surface area contributed by atoms with Crippen LogP contribution in [0.15, 0.2) is 18.2 Å². The normalized spacial score (nSPS) is 10.5. The number of fused-ring (bicyclic) bond motifs is 1. The highest BCUT2D eigenvalue weighted by atomic mass is 35.5. The summed E-state index contributed by atoms with van der Waals surface area (Å²) < 4.78 is 0. The lowest BCUT2D eigenvalue weighted by molar-refractivity contribution is 0.464. The molecule has 2 rings (SSSR count). The maximum absolute atomic E-state index is 5.95. The first-order chi connectivity index (χ1) is 7.66. The van der Waals surface area contributed by atoms with E-state index in [2.05, 4.69) is 22.0 Å². The molecule has 1 aromatic carbocycles. The maximum atomic E-state index is 5.95. The first-order valence-corrected chi connectivity index (χ1v) is 5.32. The van der Waals surface area contributed by atoms with Crippen molar-refractivity contribution in [1.29, 1.82) is 0 Å². The van der Waals surface area contributed by atoms with Crippen molar-refractivity contribution in [1.82, 2.24) is 15.1 Å². The summed E-state index contributed by atoms with van der Waals surface area (Å²) in [5.74, 6) is 6.17. The van der Waals surface area contributed by atoms with Crippen molar-refractivity contribution in [2.24, 2.45) is 0 Å². The Morgan fingerprint density at radius 2 is 2.25 bits per heavy atom. The number of nitrogens with one attached hydrogen (secondary N) is 1. The first kappa shape index (κ1) is 11.0. The number of hydrogen-bond acceptors (Lipinski definition) is 2. The molecule has 0 aliphatic carbocycles. The van der Waals surface area contributed by atoms with Gasteiger partial charge in [0.25, 0.3) is 0 Å². The molecule has 0 spiro atoms. The predicted molar refractivity (Wildman–Crippen MR) is 66.5 cm³/mol. The van der Waals surface area contributed by atoms with Crippen molar-refractivity contribution >= 4 is 22.5 Å². The second kappa shape index (κ2) is 4.56. The van der Waals surface area contributed by atoms with Gasteiger partial charge in [-0.05, 0) is 32.3 Å². The number of nitrogens with zero attached hydrogens (tertiary/aromatic N) is 2. The summed E-state index contributed by atoms with van der Waals surface area (Å²) in [5, 5.41) is 8.27. The van der Waals surface area contributed by atoms with E-state index < -0.39 is 0 Å². The van der Waals surface area contributed by atoms with Crippen molar-refractivity contribution in [3.8, 4) is 11.8 Å². The Balaban J connectivity index is 2.30. The van der Waals surface area contributed by atoms with Crippen molar-refractivity contribution in [2.75, 3.05) is 20.6 Å². The van der Waals surface area contributed by atoms with Gasteiger partial charge in [-0.3, -0.25) is 10.00 Å². The average molecular weight is 234 g/mol. The number of benzene rings is 1. The number of halogens is 1. The van der Waals surface area contributed by atoms with Crippen LogP contribution < -0.4 is 0 Å². The molecule has 1 heterocycles. The third-order valence-corrected chi connectivity index (χ3v) is 2.42. The summed E-state index contributed by atoms with van der Waals surface area (Å²) in [4.78, 5) is 2.02. The third kappa shape index (κ3) is 2.35. The van der Waals surface area contributed by atoms with Gasteiger partial charge in [0.15, 0.2) is 0 Å². The molecule has 3 nitrogen and oxygen atoms in total. The van der Waals surface area contributed by atoms with Crippen LogP contribution in [0.3, 0.4) is 0 Å². The van der Waals surface area contributed by atoms with E-state index in [1.165, 1.54) is 0 Å². The fraction of sp³-hybridized carbons (Fsp3) is 0.250. The molecular formula is C12H12ClN3. The van der Waals surface area contributed by atoms with Crippen LogP contribution in [0.4, 0.5) is 0 Å². The molecule has 16 heavy (non-hydrogen) atoms. The van der Waals surface area contributed by atoms with Gasteiger partial charge in [-0.25, -0.2) is 0 Å². The molecule has 0 fully saturated rings. The standard InChI is InChI=1S/C12H12ClN3/c1-16(2)7-3-4-9-5-6-11-10(8-9)12(13)15-14-11/h5-6,8H,7H2,1-2H3,(H,14,15). The van der Waals surface area contributed by atoms with Crippen molar-refractivity contribution in [3.63, 3.8) is 0 Å². The van der Waals surface area contributed by atoms with Crippen LogP contribution >= 0.6 is 11.6 Å². The number of aromatic amines is 1. The lowest BCUT2D eigenvalue weighted by Gasteiger charge is -2.00. The lowest BCUT2D eigenvalue weighted by Crippen LogP contribution is -2.10. The molecule has 0 atom stereocenters. The van der Waals surface area contributed by atoms with Gasteiger partial charge in [-0.1, -0.05) is 23.4 Å². The second-order valence-electron chi connectivity index (χ2n) is 3.81. The molecule has 0 saturated heterocycles. The maximum Gasteiger partial charge on any atom is 0.132 e. The van der Waals surface area contributed by atoms with Gasteiger partial charge in [0.1, 0.15) is 5.15 Å². The molecule has 82 valence electrons. The smallest absolute Gasteiger partial charge is 0.132 e. The first-order valence-electron chi connectivity index (χ1n) is 4.94. The summed E-state index contributed by atoms with van der Waals surface area (Å²) in [6, 6.07) is 5.81. The van der Waals surface area contributed by atoms with Gasteiger partial charge in [0, 0.05) is 10.9 Å². The Hall–Kier alpha value is -1.50. The van der Waals surface area contributed by atoms with E-state index in [1.54, 1.807) is 0 Å². The summed E-state index contributed by atoms with van der Waals surface area (Å²) >= 11 is 5.95. The Kier molecular flexibility index (Phi) is 3.14. The minimum Gasteiger partial charge on any atom is -0.299 e. The zero-order valence-electron chi connectivity index (χ0n) is 9.21. The average Bonchev–Trinajstić information content (AvgIpc) is 2.60. The summed E-state index contributed by atoms with van der Waals surface area (Å²) in [6.45, 7) is 0.747. The second-order valence-corrected chi connectivity index (χ2v) is 4.19. The Morgan fingerprint density at radius 1 is 1.44 bits per heavy atom. The van der Waals surface area contributed by atoms with Gasteiger partial charge < -0.3 is 0 Å². The zero-order valence-corrected chi connectivity index (χ0v) is 9.97. The van der Waals surface area contributed by atoms with E-state index in [-0.39, 0.29) is 0 Å². The highest BCUT2D eigenvalue weighted by Crippen LogP contribution is 2.20. The SMILES string of the molecule is CN(C)CC#Cc1ccc2n[nH]c(Cl)c2c1. The fourth-order valence-corrected chi connectivity index (χ4v) is 1.55. The van der Waals surface area contributed by atoms with E-state index >= 15 is 0 Å². The van der Waals surface area contributed by atoms with Gasteiger partial charge in [0.2, 0.25) is 0 Å². The number of hydrogen-bond donors (Lipinski definition) is 1. The third-order valence-electron chi connectivity index (χ3n) is 2.14. The van der Waals surface area contributed by atoms with Crippen molar-refractivity contribution in [2.45, 2.75) is 0 Å². The number of H-pyrrole nitrogens is 1. The van der Waals surface area contributed by atoms with Crippen molar-refractivity contribution < 1.29 is 0 Å². The lowest BCUT2D eigenvalue weighted by atomic mass is 10.1. The van der Waals surface area contributed by atoms with Gasteiger partial charge >= 0.3 is 0 Å². The van der Waals surface area contributed by atoms with Crippen LogP contribution in [0.5, 0.6) is 0 Å². The molecule has 0 unspecified atom stereocenters. The quantitative estimate of drug-likeness (QED) is 0.766. The van der Waals surface area contributed by atoms with Crippen LogP contribution in [-0.2, 0) is 0 Å². The Morgan fingerprint density at radius 3 is 3.00 bits per heavy atom. The van der Waals surface area contributed by atoms with Crippen LogP contribution in [-0.4, -0.2) is 35.7 Å². The largest absolute Gasteiger partial charge is 0.299 e. The molecule has 0 amide bonds. The molecule has 1 N–H and O–H groups in total. The summed E-state index contributed by atoms with van der Waals surface area (Å²) in [5.41, 5.74) is 1.82. The Bertz CT molecular complexity index is 560. The minimum atomic E-state index is 0.561. The van der Waals surface area contributed by atoms with E-state index in [0.717, 1.165) is 23.0 Å². The van der Waals surface area contributed by atoms with Crippen LogP contribution in [0.2, 0.25) is 5.15 Å².